The topological polar surface area (TPSA) is 232 Å². The van der Waals surface area contributed by atoms with Gasteiger partial charge in [-0.1, -0.05) is 243 Å². The van der Waals surface area contributed by atoms with Crippen LogP contribution in [0.5, 0.6) is 0 Å². The molecule has 0 aliphatic rings. The lowest BCUT2D eigenvalue weighted by Crippen LogP contribution is -2.35. The van der Waals surface area contributed by atoms with E-state index in [2.05, 4.69) is 62.5 Å². The molecule has 0 fully saturated rings. The fourth-order valence-electron chi connectivity index (χ4n) is 10.9. The lowest BCUT2D eigenvalue weighted by Gasteiger charge is -2.22. The van der Waals surface area contributed by atoms with Gasteiger partial charge in [-0.3, -0.25) is 24.0 Å². The molecule has 0 saturated carbocycles. The van der Waals surface area contributed by atoms with Crippen molar-refractivity contribution in [3.05, 3.63) is 36.5 Å². The predicted octanol–water partition coefficient (Wildman–Crippen LogP) is 18.6. The Morgan fingerprint density at radius 1 is 0.295 bits per heavy atom. The standard InChI is InChI=1S/C78H143NO16/c1-5-9-12-15-18-21-24-27-30-33-36-39-44-49-54-59-73(82)88-65-70(94-75(84)61-56-51-45-40-37-34-31-28-25-22-19-16-13-10-6-2)67-92-77(86)90-63-69(80)64-91-78(87)93-68-71(66-89-74(83)60-55-50-47-42-43-48-53-58-72(81)79-8-4)95-76(85)62-57-52-46-41-38-35-32-29-26-23-20-17-14-11-7-3/h27-32,69-71,77-78,80,86-87H,5-26,33-68H2,1-4H3,(H,79,81)/b30-27-,31-28-,32-29-/t69?,70-,71-,77?,78?/m1/s1. The molecule has 4 N–H and O–H groups in total. The van der Waals surface area contributed by atoms with Crippen molar-refractivity contribution in [2.24, 2.45) is 0 Å². The Balaban J connectivity index is 5.15. The number of hydrogen-bond acceptors (Lipinski definition) is 16. The Kier molecular flexibility index (Phi) is 70.2. The molecule has 0 spiro atoms. The van der Waals surface area contributed by atoms with Crippen LogP contribution in [0.2, 0.25) is 0 Å². The second-order valence-electron chi connectivity index (χ2n) is 26.1. The van der Waals surface area contributed by atoms with Crippen molar-refractivity contribution >= 4 is 29.8 Å². The first-order valence-electron chi connectivity index (χ1n) is 38.9. The van der Waals surface area contributed by atoms with E-state index in [1.807, 2.05) is 6.92 Å². The van der Waals surface area contributed by atoms with Gasteiger partial charge in [-0.15, -0.1) is 0 Å². The molecule has 17 nitrogen and oxygen atoms in total. The maximum Gasteiger partial charge on any atom is 0.306 e. The number of unbranched alkanes of at least 4 members (excludes halogenated alkanes) is 39. The van der Waals surface area contributed by atoms with Gasteiger partial charge in [0.15, 0.2) is 12.2 Å². The molecule has 0 heterocycles. The normalized spacial score (nSPS) is 13.4. The number of aliphatic hydroxyl groups is 3. The van der Waals surface area contributed by atoms with Crippen LogP contribution in [0.25, 0.3) is 0 Å². The van der Waals surface area contributed by atoms with E-state index in [1.54, 1.807) is 0 Å². The van der Waals surface area contributed by atoms with Gasteiger partial charge in [-0.05, 0) is 116 Å². The van der Waals surface area contributed by atoms with Gasteiger partial charge in [-0.25, -0.2) is 0 Å². The summed E-state index contributed by atoms with van der Waals surface area (Å²) in [5, 5.41) is 34.6. The Hall–Kier alpha value is -3.71. The van der Waals surface area contributed by atoms with Crippen molar-refractivity contribution in [3.8, 4) is 0 Å². The molecule has 0 aliphatic carbocycles. The van der Waals surface area contributed by atoms with E-state index in [4.69, 9.17) is 37.9 Å². The summed E-state index contributed by atoms with van der Waals surface area (Å²) >= 11 is 0. The van der Waals surface area contributed by atoms with E-state index in [-0.39, 0.29) is 58.0 Å². The molecule has 0 aromatic rings. The quantitative estimate of drug-likeness (QED) is 0.0146. The molecule has 5 atom stereocenters. The molecular formula is C78H143NO16. The summed E-state index contributed by atoms with van der Waals surface area (Å²) in [7, 11) is 0. The van der Waals surface area contributed by atoms with Crippen LogP contribution in [0, 0.1) is 0 Å². The SMILES string of the molecule is CCCCCCCC/C=C\CCCCCCCC(=O)OC[C@H](COC(O)OCC(O)COC(O)OC[C@@H](COC(=O)CCCCCCCCCC(=O)NCC)OC(=O)CCCCCCC/C=C\CCCCCCCC)OC(=O)CCCCCCC/C=C\CCCCCCCC. The maximum absolute atomic E-state index is 13.0. The van der Waals surface area contributed by atoms with E-state index in [9.17, 15) is 39.3 Å². The Labute approximate surface area is 578 Å². The molecule has 0 aliphatic heterocycles. The van der Waals surface area contributed by atoms with E-state index in [0.29, 0.717) is 38.6 Å². The van der Waals surface area contributed by atoms with Crippen LogP contribution < -0.4 is 5.32 Å². The van der Waals surface area contributed by atoms with Crippen molar-refractivity contribution in [1.82, 2.24) is 5.32 Å². The van der Waals surface area contributed by atoms with Crippen molar-refractivity contribution < 1.29 is 77.2 Å². The van der Waals surface area contributed by atoms with Gasteiger partial charge in [0.1, 0.15) is 19.3 Å². The lowest BCUT2D eigenvalue weighted by molar-refractivity contribution is -0.295. The number of carbonyl (C=O) groups is 5. The fourth-order valence-corrected chi connectivity index (χ4v) is 10.9. The zero-order chi connectivity index (χ0) is 69.4. The van der Waals surface area contributed by atoms with Gasteiger partial charge in [0.2, 0.25) is 5.91 Å². The Morgan fingerprint density at radius 2 is 0.537 bits per heavy atom. The smallest absolute Gasteiger partial charge is 0.306 e. The maximum atomic E-state index is 13.0. The third-order valence-corrected chi connectivity index (χ3v) is 16.8. The first kappa shape index (κ1) is 91.3. The number of allylic oxidation sites excluding steroid dienone is 6. The molecule has 95 heavy (non-hydrogen) atoms. The third-order valence-electron chi connectivity index (χ3n) is 16.8. The highest BCUT2D eigenvalue weighted by Gasteiger charge is 2.23. The third kappa shape index (κ3) is 70.0. The summed E-state index contributed by atoms with van der Waals surface area (Å²) in [6, 6.07) is 0. The summed E-state index contributed by atoms with van der Waals surface area (Å²) in [6.45, 7) is 3.25. The van der Waals surface area contributed by atoms with Crippen LogP contribution in [-0.4, -0.2) is 123 Å². The molecule has 3 unspecified atom stereocenters. The van der Waals surface area contributed by atoms with Crippen LogP contribution in [0.4, 0.5) is 0 Å². The van der Waals surface area contributed by atoms with Gasteiger partial charge >= 0.3 is 23.9 Å². The van der Waals surface area contributed by atoms with Gasteiger partial charge in [0.25, 0.3) is 13.0 Å². The largest absolute Gasteiger partial charge is 0.462 e. The first-order chi connectivity index (χ1) is 46.4. The molecule has 0 aromatic carbocycles. The zero-order valence-corrected chi connectivity index (χ0v) is 61.0. The number of carbonyl (C=O) groups excluding carboxylic acids is 5. The van der Waals surface area contributed by atoms with Crippen molar-refractivity contribution in [1.29, 1.82) is 0 Å². The Morgan fingerprint density at radius 3 is 0.821 bits per heavy atom. The summed E-state index contributed by atoms with van der Waals surface area (Å²) in [4.78, 5) is 63.2. The highest BCUT2D eigenvalue weighted by atomic mass is 16.8. The number of aliphatic hydroxyl groups excluding tert-OH is 3. The van der Waals surface area contributed by atoms with E-state index in [0.717, 1.165) is 154 Å². The second-order valence-corrected chi connectivity index (χ2v) is 26.1. The van der Waals surface area contributed by atoms with Gasteiger partial charge < -0.3 is 58.5 Å². The summed E-state index contributed by atoms with van der Waals surface area (Å²) in [5.74, 6) is -1.72. The Bertz CT molecular complexity index is 1810. The number of rotatable bonds is 74. The fraction of sp³-hybridized carbons (Fsp3) is 0.859. The first-order valence-corrected chi connectivity index (χ1v) is 38.9. The van der Waals surface area contributed by atoms with Crippen LogP contribution in [0.3, 0.4) is 0 Å². The minimum atomic E-state index is -1.87. The van der Waals surface area contributed by atoms with E-state index >= 15 is 0 Å². The summed E-state index contributed by atoms with van der Waals surface area (Å²) in [6.07, 6.45) is 62.3. The molecule has 0 rings (SSSR count). The molecule has 0 saturated heterocycles. The van der Waals surface area contributed by atoms with Crippen molar-refractivity contribution in [3.63, 3.8) is 0 Å². The van der Waals surface area contributed by atoms with Crippen molar-refractivity contribution in [2.45, 2.75) is 386 Å². The van der Waals surface area contributed by atoms with Crippen LogP contribution in [-0.2, 0) is 61.9 Å². The molecule has 0 aromatic heterocycles. The van der Waals surface area contributed by atoms with Gasteiger partial charge in [0.05, 0.1) is 26.4 Å². The second kappa shape index (κ2) is 73.0. The van der Waals surface area contributed by atoms with E-state index in [1.165, 1.54) is 116 Å². The number of ether oxygens (including phenoxy) is 8. The molecule has 0 bridgehead atoms. The lowest BCUT2D eigenvalue weighted by atomic mass is 10.1. The van der Waals surface area contributed by atoms with Gasteiger partial charge in [0, 0.05) is 38.6 Å². The molecule has 0 radical (unpaired) electrons. The number of nitrogens with one attached hydrogen (secondary N) is 1. The minimum Gasteiger partial charge on any atom is -0.462 e. The number of amides is 1. The van der Waals surface area contributed by atoms with E-state index < -0.39 is 68.4 Å². The minimum absolute atomic E-state index is 0.0835. The summed E-state index contributed by atoms with van der Waals surface area (Å²) < 4.78 is 43.8. The predicted molar refractivity (Wildman–Crippen MR) is 382 cm³/mol. The van der Waals surface area contributed by atoms with Crippen molar-refractivity contribution in [2.75, 3.05) is 46.2 Å². The highest BCUT2D eigenvalue weighted by molar-refractivity contribution is 5.75. The molecule has 556 valence electrons. The van der Waals surface area contributed by atoms with Crippen LogP contribution >= 0.6 is 0 Å². The number of hydrogen-bond donors (Lipinski definition) is 4. The van der Waals surface area contributed by atoms with Crippen LogP contribution in [0.15, 0.2) is 36.5 Å². The summed E-state index contributed by atoms with van der Waals surface area (Å²) in [5.41, 5.74) is 0. The molecule has 1 amide bonds. The van der Waals surface area contributed by atoms with Crippen LogP contribution in [0.1, 0.15) is 355 Å². The molecule has 17 heteroatoms. The average Bonchev–Trinajstić information content (AvgIpc) is 3.36. The zero-order valence-electron chi connectivity index (χ0n) is 61.0. The monoisotopic (exact) mass is 1350 g/mol. The van der Waals surface area contributed by atoms with Gasteiger partial charge in [-0.2, -0.15) is 0 Å². The average molecular weight is 1350 g/mol. The molecular weight excluding hydrogens is 1210 g/mol. The highest BCUT2D eigenvalue weighted by Crippen LogP contribution is 2.17. The number of esters is 4.